The van der Waals surface area contributed by atoms with Crippen molar-refractivity contribution in [2.45, 2.75) is 38.8 Å². The molecule has 1 aromatic rings. The molecule has 2 heterocycles. The molecule has 0 saturated carbocycles. The zero-order valence-corrected chi connectivity index (χ0v) is 21.3. The van der Waals surface area contributed by atoms with E-state index in [1.165, 1.54) is 22.8 Å². The molecule has 1 atom stereocenters. The number of hydrogen-bond acceptors (Lipinski definition) is 5. The first-order valence-corrected chi connectivity index (χ1v) is 12.1. The largest absolute Gasteiger partial charge is 0.379 e. The van der Waals surface area contributed by atoms with Crippen molar-refractivity contribution in [3.8, 4) is 0 Å². The minimum Gasteiger partial charge on any atom is -0.379 e. The van der Waals surface area contributed by atoms with Gasteiger partial charge in [0, 0.05) is 56.6 Å². The molecule has 3 rings (SSSR count). The van der Waals surface area contributed by atoms with Crippen LogP contribution in [0, 0.1) is 0 Å². The quantitative estimate of drug-likeness (QED) is 0.202. The van der Waals surface area contributed by atoms with E-state index in [4.69, 9.17) is 14.5 Å². The molecule has 2 aliphatic rings. The van der Waals surface area contributed by atoms with E-state index in [0.717, 1.165) is 71.2 Å². The molecule has 2 aliphatic heterocycles. The summed E-state index contributed by atoms with van der Waals surface area (Å²) in [5.74, 6) is 3.32. The highest BCUT2D eigenvalue weighted by Gasteiger charge is 2.15. The fraction of sp³-hybridized carbons (Fsp3) is 0.682. The average Bonchev–Trinajstić information content (AvgIpc) is 3.29. The molecule has 0 aliphatic carbocycles. The Hall–Kier alpha value is -0.710. The highest BCUT2D eigenvalue weighted by Crippen LogP contribution is 2.20. The molecule has 2 fully saturated rings. The third-order valence-corrected chi connectivity index (χ3v) is 6.10. The zero-order chi connectivity index (χ0) is 20.2. The van der Waals surface area contributed by atoms with E-state index in [9.17, 15) is 0 Å². The molecular formula is C22H37IN4O2S. The number of rotatable bonds is 10. The first-order valence-electron chi connectivity index (χ1n) is 11.0. The van der Waals surface area contributed by atoms with Gasteiger partial charge in [0.2, 0.25) is 0 Å². The maximum Gasteiger partial charge on any atom is 0.191 e. The summed E-state index contributed by atoms with van der Waals surface area (Å²) in [5.41, 5.74) is 2.56. The first-order chi connectivity index (χ1) is 14.3. The molecule has 1 aromatic carbocycles. The lowest BCUT2D eigenvalue weighted by molar-refractivity contribution is 0.0168. The van der Waals surface area contributed by atoms with Crippen LogP contribution < -0.4 is 15.5 Å². The monoisotopic (exact) mass is 548 g/mol. The first kappa shape index (κ1) is 25.5. The van der Waals surface area contributed by atoms with Crippen LogP contribution in [0.1, 0.15) is 31.7 Å². The van der Waals surface area contributed by atoms with Crippen LogP contribution in [0.3, 0.4) is 0 Å². The third kappa shape index (κ3) is 9.20. The van der Waals surface area contributed by atoms with E-state index in [2.05, 4.69) is 46.7 Å². The van der Waals surface area contributed by atoms with Gasteiger partial charge in [-0.1, -0.05) is 12.1 Å². The second kappa shape index (κ2) is 15.2. The van der Waals surface area contributed by atoms with Crippen molar-refractivity contribution in [3.63, 3.8) is 0 Å². The van der Waals surface area contributed by atoms with Crippen LogP contribution in [0.2, 0.25) is 0 Å². The van der Waals surface area contributed by atoms with E-state index in [1.54, 1.807) is 0 Å². The Bertz CT molecular complexity index is 606. The van der Waals surface area contributed by atoms with Gasteiger partial charge in [0.25, 0.3) is 0 Å². The molecule has 6 nitrogen and oxygen atoms in total. The van der Waals surface area contributed by atoms with Crippen molar-refractivity contribution in [2.24, 2.45) is 4.99 Å². The van der Waals surface area contributed by atoms with Crippen molar-refractivity contribution in [3.05, 3.63) is 29.8 Å². The Balaban J connectivity index is 0.00000320. The van der Waals surface area contributed by atoms with Gasteiger partial charge in [0.15, 0.2) is 5.96 Å². The fourth-order valence-corrected chi connectivity index (χ4v) is 4.42. The predicted molar refractivity (Wildman–Crippen MR) is 139 cm³/mol. The summed E-state index contributed by atoms with van der Waals surface area (Å²) in [6, 6.07) is 8.85. The lowest BCUT2D eigenvalue weighted by Gasteiger charge is -2.28. The van der Waals surface area contributed by atoms with Crippen molar-refractivity contribution < 1.29 is 9.47 Å². The Morgan fingerprint density at radius 2 is 2.03 bits per heavy atom. The van der Waals surface area contributed by atoms with Gasteiger partial charge in [-0.3, -0.25) is 0 Å². The van der Waals surface area contributed by atoms with Crippen LogP contribution in [0.4, 0.5) is 5.69 Å². The van der Waals surface area contributed by atoms with Crippen molar-refractivity contribution in [2.75, 3.05) is 62.4 Å². The number of ether oxygens (including phenoxy) is 2. The fourth-order valence-electron chi connectivity index (χ4n) is 3.52. The van der Waals surface area contributed by atoms with E-state index >= 15 is 0 Å². The molecular weight excluding hydrogens is 511 g/mol. The Morgan fingerprint density at radius 1 is 1.23 bits per heavy atom. The SMILES string of the molecule is CCNC(=NCc1ccc(N2CCSCC2)cc1)NCCCOCC1CCCO1.I. The van der Waals surface area contributed by atoms with Gasteiger partial charge in [0.1, 0.15) is 0 Å². The lowest BCUT2D eigenvalue weighted by Crippen LogP contribution is -2.38. The molecule has 8 heteroatoms. The standard InChI is InChI=1S/C22H36N4O2S.HI/c1-2-23-22(24-10-4-13-27-18-21-5-3-14-28-21)25-17-19-6-8-20(9-7-19)26-11-15-29-16-12-26;/h6-9,21H,2-5,10-18H2,1H3,(H2,23,24,25);1H. The zero-order valence-electron chi connectivity index (χ0n) is 18.1. The number of nitrogens with one attached hydrogen (secondary N) is 2. The summed E-state index contributed by atoms with van der Waals surface area (Å²) >= 11 is 2.04. The maximum atomic E-state index is 5.72. The van der Waals surface area contributed by atoms with Crippen LogP contribution in [-0.4, -0.2) is 69.6 Å². The van der Waals surface area contributed by atoms with E-state index in [0.29, 0.717) is 12.6 Å². The number of aliphatic imine (C=N–C) groups is 1. The van der Waals surface area contributed by atoms with Gasteiger partial charge < -0.3 is 25.0 Å². The number of hydrogen-bond donors (Lipinski definition) is 2. The summed E-state index contributed by atoms with van der Waals surface area (Å²) in [7, 11) is 0. The summed E-state index contributed by atoms with van der Waals surface area (Å²) in [5, 5.41) is 6.72. The number of anilines is 1. The van der Waals surface area contributed by atoms with Crippen LogP contribution >= 0.6 is 35.7 Å². The lowest BCUT2D eigenvalue weighted by atomic mass is 10.2. The summed E-state index contributed by atoms with van der Waals surface area (Å²) in [4.78, 5) is 7.19. The summed E-state index contributed by atoms with van der Waals surface area (Å²) in [6.45, 7) is 9.13. The molecule has 0 radical (unpaired) electrons. The van der Waals surface area contributed by atoms with E-state index in [-0.39, 0.29) is 24.0 Å². The molecule has 1 unspecified atom stereocenters. The van der Waals surface area contributed by atoms with Crippen LogP contribution in [0.15, 0.2) is 29.3 Å². The number of halogens is 1. The van der Waals surface area contributed by atoms with Gasteiger partial charge in [-0.15, -0.1) is 24.0 Å². The van der Waals surface area contributed by atoms with Gasteiger partial charge in [-0.2, -0.15) is 11.8 Å². The summed E-state index contributed by atoms with van der Waals surface area (Å²) < 4.78 is 11.3. The predicted octanol–water partition coefficient (Wildman–Crippen LogP) is 3.50. The number of nitrogens with zero attached hydrogens (tertiary/aromatic N) is 2. The molecule has 0 spiro atoms. The second-order valence-electron chi connectivity index (χ2n) is 7.45. The molecule has 2 saturated heterocycles. The minimum absolute atomic E-state index is 0. The van der Waals surface area contributed by atoms with E-state index < -0.39 is 0 Å². The molecule has 30 heavy (non-hydrogen) atoms. The maximum absolute atomic E-state index is 5.72. The Kier molecular flexibility index (Phi) is 12.9. The van der Waals surface area contributed by atoms with E-state index in [1.807, 2.05) is 11.8 Å². The smallest absolute Gasteiger partial charge is 0.191 e. The van der Waals surface area contributed by atoms with Crippen molar-refractivity contribution in [1.82, 2.24) is 10.6 Å². The normalized spacial score (nSPS) is 19.4. The molecule has 0 bridgehead atoms. The van der Waals surface area contributed by atoms with Crippen LogP contribution in [0.5, 0.6) is 0 Å². The highest BCUT2D eigenvalue weighted by molar-refractivity contribution is 14.0. The van der Waals surface area contributed by atoms with Gasteiger partial charge in [-0.25, -0.2) is 4.99 Å². The van der Waals surface area contributed by atoms with Crippen LogP contribution in [-0.2, 0) is 16.0 Å². The molecule has 0 amide bonds. The van der Waals surface area contributed by atoms with Crippen molar-refractivity contribution >= 4 is 47.4 Å². The second-order valence-corrected chi connectivity index (χ2v) is 8.68. The molecule has 170 valence electrons. The molecule has 2 N–H and O–H groups in total. The minimum atomic E-state index is 0. The Labute approximate surface area is 203 Å². The van der Waals surface area contributed by atoms with Gasteiger partial charge in [-0.05, 0) is 43.9 Å². The Morgan fingerprint density at radius 3 is 2.73 bits per heavy atom. The third-order valence-electron chi connectivity index (χ3n) is 5.16. The number of thioether (sulfide) groups is 1. The van der Waals surface area contributed by atoms with Gasteiger partial charge in [0.05, 0.1) is 19.3 Å². The number of benzene rings is 1. The average molecular weight is 549 g/mol. The molecule has 0 aromatic heterocycles. The van der Waals surface area contributed by atoms with Crippen LogP contribution in [0.25, 0.3) is 0 Å². The topological polar surface area (TPSA) is 58.1 Å². The summed E-state index contributed by atoms with van der Waals surface area (Å²) in [6.07, 6.45) is 3.56. The van der Waals surface area contributed by atoms with Crippen molar-refractivity contribution in [1.29, 1.82) is 0 Å². The van der Waals surface area contributed by atoms with Gasteiger partial charge >= 0.3 is 0 Å². The highest BCUT2D eigenvalue weighted by atomic mass is 127. The number of guanidine groups is 1.